The van der Waals surface area contributed by atoms with E-state index < -0.39 is 5.60 Å². The van der Waals surface area contributed by atoms with E-state index in [1.165, 1.54) is 0 Å². The molecule has 1 amide bonds. The molecule has 1 aromatic rings. The van der Waals surface area contributed by atoms with Gasteiger partial charge in [0, 0.05) is 32.7 Å². The first-order chi connectivity index (χ1) is 13.2. The third-order valence-electron chi connectivity index (χ3n) is 4.65. The molecule has 8 nitrogen and oxygen atoms in total. The highest BCUT2D eigenvalue weighted by Gasteiger charge is 2.26. The highest BCUT2D eigenvalue weighted by atomic mass is 127. The third-order valence-corrected chi connectivity index (χ3v) is 4.65. The molecule has 2 N–H and O–H groups in total. The second-order valence-electron chi connectivity index (χ2n) is 8.59. The van der Waals surface area contributed by atoms with Crippen LogP contribution in [0.3, 0.4) is 0 Å². The maximum atomic E-state index is 12.1. The van der Waals surface area contributed by atoms with Gasteiger partial charge in [-0.2, -0.15) is 0 Å². The molecule has 9 heteroatoms. The van der Waals surface area contributed by atoms with Crippen LogP contribution in [0.5, 0.6) is 0 Å². The van der Waals surface area contributed by atoms with Gasteiger partial charge in [0.15, 0.2) is 11.7 Å². The number of ether oxygens (including phenoxy) is 1. The molecular formula is C20H36IN5O3. The summed E-state index contributed by atoms with van der Waals surface area (Å²) in [5.74, 6) is 2.37. The van der Waals surface area contributed by atoms with Crippen LogP contribution in [-0.2, 0) is 11.3 Å². The summed E-state index contributed by atoms with van der Waals surface area (Å²) in [6.07, 6.45) is 1.68. The largest absolute Gasteiger partial charge is 0.444 e. The minimum absolute atomic E-state index is 0. The van der Waals surface area contributed by atoms with Crippen molar-refractivity contribution in [2.45, 2.75) is 65.5 Å². The van der Waals surface area contributed by atoms with Gasteiger partial charge in [0.25, 0.3) is 0 Å². The van der Waals surface area contributed by atoms with Crippen LogP contribution in [0.1, 0.15) is 64.8 Å². The zero-order valence-corrected chi connectivity index (χ0v) is 20.8. The van der Waals surface area contributed by atoms with E-state index in [1.807, 2.05) is 26.8 Å². The Bertz CT molecular complexity index is 661. The Morgan fingerprint density at radius 1 is 1.34 bits per heavy atom. The summed E-state index contributed by atoms with van der Waals surface area (Å²) in [5, 5.41) is 10.7. The van der Waals surface area contributed by atoms with E-state index in [0.717, 1.165) is 49.9 Å². The maximum Gasteiger partial charge on any atom is 0.410 e. The molecule has 0 atom stereocenters. The van der Waals surface area contributed by atoms with Gasteiger partial charge >= 0.3 is 6.09 Å². The molecule has 2 rings (SSSR count). The average molecular weight is 521 g/mol. The Kier molecular flexibility index (Phi) is 10.2. The SMILES string of the molecule is CN=C(NCc1cc(C(C)C)no1)NCC1CCN(C(=O)OC(C)(C)C)CC1.I. The summed E-state index contributed by atoms with van der Waals surface area (Å²) in [4.78, 5) is 18.2. The van der Waals surface area contributed by atoms with E-state index in [2.05, 4.69) is 34.6 Å². The third kappa shape index (κ3) is 8.79. The second-order valence-corrected chi connectivity index (χ2v) is 8.59. The fourth-order valence-electron chi connectivity index (χ4n) is 2.96. The average Bonchev–Trinajstić information content (AvgIpc) is 3.10. The number of aromatic nitrogens is 1. The number of nitrogens with one attached hydrogen (secondary N) is 2. The number of carbonyl (C=O) groups is 1. The molecule has 0 saturated carbocycles. The number of halogens is 1. The number of piperidine rings is 1. The summed E-state index contributed by atoms with van der Waals surface area (Å²) in [6.45, 7) is 12.7. The summed E-state index contributed by atoms with van der Waals surface area (Å²) < 4.78 is 10.8. The molecule has 0 spiro atoms. The molecule has 0 aliphatic carbocycles. The lowest BCUT2D eigenvalue weighted by Gasteiger charge is -2.33. The van der Waals surface area contributed by atoms with E-state index in [0.29, 0.717) is 18.4 Å². The quantitative estimate of drug-likeness (QED) is 0.349. The van der Waals surface area contributed by atoms with Crippen molar-refractivity contribution in [3.8, 4) is 0 Å². The lowest BCUT2D eigenvalue weighted by Crippen LogP contribution is -2.45. The Balaban J connectivity index is 0.00000420. The second kappa shape index (κ2) is 11.6. The Labute approximate surface area is 191 Å². The summed E-state index contributed by atoms with van der Waals surface area (Å²) in [6, 6.07) is 1.97. The normalized spacial score (nSPS) is 15.8. The van der Waals surface area contributed by atoms with Crippen LogP contribution < -0.4 is 10.6 Å². The highest BCUT2D eigenvalue weighted by Crippen LogP contribution is 2.19. The summed E-state index contributed by atoms with van der Waals surface area (Å²) >= 11 is 0. The van der Waals surface area contributed by atoms with E-state index in [4.69, 9.17) is 9.26 Å². The van der Waals surface area contributed by atoms with Gasteiger partial charge < -0.3 is 24.8 Å². The van der Waals surface area contributed by atoms with Crippen molar-refractivity contribution in [3.05, 3.63) is 17.5 Å². The van der Waals surface area contributed by atoms with Gasteiger partial charge in [-0.15, -0.1) is 24.0 Å². The van der Waals surface area contributed by atoms with Crippen LogP contribution in [0.4, 0.5) is 4.79 Å². The number of nitrogens with zero attached hydrogens (tertiary/aromatic N) is 3. The van der Waals surface area contributed by atoms with Crippen molar-refractivity contribution in [2.24, 2.45) is 10.9 Å². The zero-order chi connectivity index (χ0) is 20.7. The van der Waals surface area contributed by atoms with Crippen LogP contribution in [0.25, 0.3) is 0 Å². The van der Waals surface area contributed by atoms with Crippen LogP contribution in [0.15, 0.2) is 15.6 Å². The van der Waals surface area contributed by atoms with Crippen molar-refractivity contribution in [1.82, 2.24) is 20.7 Å². The summed E-state index contributed by atoms with van der Waals surface area (Å²) in [7, 11) is 1.75. The van der Waals surface area contributed by atoms with Crippen LogP contribution >= 0.6 is 24.0 Å². The number of amides is 1. The van der Waals surface area contributed by atoms with E-state index in [1.54, 1.807) is 11.9 Å². The van der Waals surface area contributed by atoms with Crippen LogP contribution in [0, 0.1) is 5.92 Å². The molecule has 1 aliphatic heterocycles. The van der Waals surface area contributed by atoms with Gasteiger partial charge in [0.1, 0.15) is 5.60 Å². The van der Waals surface area contributed by atoms with Crippen molar-refractivity contribution in [3.63, 3.8) is 0 Å². The van der Waals surface area contributed by atoms with Crippen molar-refractivity contribution < 1.29 is 14.1 Å². The number of rotatable bonds is 5. The van der Waals surface area contributed by atoms with Crippen LogP contribution in [0.2, 0.25) is 0 Å². The fraction of sp³-hybridized carbons (Fsp3) is 0.750. The minimum Gasteiger partial charge on any atom is -0.444 e. The van der Waals surface area contributed by atoms with E-state index in [9.17, 15) is 4.79 Å². The lowest BCUT2D eigenvalue weighted by atomic mass is 9.97. The first kappa shape index (κ1) is 25.5. The van der Waals surface area contributed by atoms with Gasteiger partial charge in [-0.3, -0.25) is 4.99 Å². The van der Waals surface area contributed by atoms with Gasteiger partial charge in [-0.05, 0) is 45.4 Å². The van der Waals surface area contributed by atoms with Crippen molar-refractivity contribution in [1.29, 1.82) is 0 Å². The number of hydrogen-bond acceptors (Lipinski definition) is 5. The Hall–Kier alpha value is -1.52. The maximum absolute atomic E-state index is 12.1. The number of hydrogen-bond donors (Lipinski definition) is 2. The molecule has 0 aromatic carbocycles. The lowest BCUT2D eigenvalue weighted by molar-refractivity contribution is 0.0185. The molecule has 1 aromatic heterocycles. The smallest absolute Gasteiger partial charge is 0.410 e. The number of carbonyl (C=O) groups excluding carboxylic acids is 1. The van der Waals surface area contributed by atoms with Gasteiger partial charge in [0.05, 0.1) is 12.2 Å². The van der Waals surface area contributed by atoms with E-state index in [-0.39, 0.29) is 30.1 Å². The molecule has 1 fully saturated rings. The molecule has 1 saturated heterocycles. The molecule has 0 radical (unpaired) electrons. The Morgan fingerprint density at radius 2 is 2.00 bits per heavy atom. The van der Waals surface area contributed by atoms with Crippen LogP contribution in [-0.4, -0.2) is 54.4 Å². The first-order valence-electron chi connectivity index (χ1n) is 10.1. The monoisotopic (exact) mass is 521 g/mol. The molecule has 2 heterocycles. The molecule has 1 aliphatic rings. The highest BCUT2D eigenvalue weighted by molar-refractivity contribution is 14.0. The van der Waals surface area contributed by atoms with Crippen molar-refractivity contribution in [2.75, 3.05) is 26.7 Å². The predicted octanol–water partition coefficient (Wildman–Crippen LogP) is 3.73. The van der Waals surface area contributed by atoms with Gasteiger partial charge in [-0.25, -0.2) is 4.79 Å². The predicted molar refractivity (Wildman–Crippen MR) is 125 cm³/mol. The Morgan fingerprint density at radius 3 is 2.52 bits per heavy atom. The van der Waals surface area contributed by atoms with E-state index >= 15 is 0 Å². The number of aliphatic imine (C=N–C) groups is 1. The molecule has 0 unspecified atom stereocenters. The number of guanidine groups is 1. The first-order valence-corrected chi connectivity index (χ1v) is 10.1. The standard InChI is InChI=1S/C20H35N5O3.HI/c1-14(2)17-11-16(28-24-17)13-23-18(21-6)22-12-15-7-9-25(10-8-15)19(26)27-20(3,4)5;/h11,14-15H,7-10,12-13H2,1-6H3,(H2,21,22,23);1H. The minimum atomic E-state index is -0.451. The number of likely N-dealkylation sites (tertiary alicyclic amines) is 1. The molecule has 166 valence electrons. The van der Waals surface area contributed by atoms with Crippen molar-refractivity contribution >= 4 is 36.0 Å². The topological polar surface area (TPSA) is 92.0 Å². The van der Waals surface area contributed by atoms with Gasteiger partial charge in [0.2, 0.25) is 0 Å². The fourth-order valence-corrected chi connectivity index (χ4v) is 2.96. The molecular weight excluding hydrogens is 485 g/mol. The molecule has 29 heavy (non-hydrogen) atoms. The zero-order valence-electron chi connectivity index (χ0n) is 18.4. The molecule has 0 bridgehead atoms. The summed E-state index contributed by atoms with van der Waals surface area (Å²) in [5.41, 5.74) is 0.504. The van der Waals surface area contributed by atoms with Gasteiger partial charge in [-0.1, -0.05) is 19.0 Å².